The molecule has 0 bridgehead atoms. The molecule has 0 aliphatic rings. The van der Waals surface area contributed by atoms with Crippen LogP contribution in [0.15, 0.2) is 30.5 Å². The number of hydrogen-bond acceptors (Lipinski definition) is 1. The number of amides is 1. The van der Waals surface area contributed by atoms with Crippen molar-refractivity contribution in [1.29, 1.82) is 0 Å². The molecule has 1 aromatic heterocycles. The number of halogens is 1. The van der Waals surface area contributed by atoms with Crippen LogP contribution >= 0.6 is 11.6 Å². The van der Waals surface area contributed by atoms with Gasteiger partial charge in [0.25, 0.3) is 0 Å². The van der Waals surface area contributed by atoms with E-state index in [1.807, 2.05) is 55.8 Å². The zero-order chi connectivity index (χ0) is 14.9. The molecule has 3 nitrogen and oxygen atoms in total. The van der Waals surface area contributed by atoms with Crippen LogP contribution in [0.4, 0.5) is 0 Å². The lowest BCUT2D eigenvalue weighted by Gasteiger charge is -2.27. The fourth-order valence-electron chi connectivity index (χ4n) is 2.14. The number of aromatic nitrogens is 1. The van der Waals surface area contributed by atoms with Crippen LogP contribution in [0.3, 0.4) is 0 Å². The number of hydrogen-bond donors (Lipinski definition) is 1. The van der Waals surface area contributed by atoms with Crippen LogP contribution in [0, 0.1) is 0 Å². The number of carbonyl (C=O) groups excluding carboxylic acids is 1. The van der Waals surface area contributed by atoms with Gasteiger partial charge in [0.05, 0.1) is 5.52 Å². The summed E-state index contributed by atoms with van der Waals surface area (Å²) in [6.07, 6.45) is 2.81. The molecular weight excluding hydrogens is 272 g/mol. The van der Waals surface area contributed by atoms with E-state index in [1.165, 1.54) is 0 Å². The van der Waals surface area contributed by atoms with Gasteiger partial charge in [0.2, 0.25) is 5.91 Å². The average molecular weight is 293 g/mol. The minimum Gasteiger partial charge on any atom is -0.349 e. The average Bonchev–Trinajstić information content (AvgIpc) is 2.82. The SMILES string of the molecule is CCC(C)(C)NC(=O)C(C)n1ccc2c(Cl)cccc21. The van der Waals surface area contributed by atoms with E-state index in [0.717, 1.165) is 17.3 Å². The van der Waals surface area contributed by atoms with Gasteiger partial charge >= 0.3 is 0 Å². The summed E-state index contributed by atoms with van der Waals surface area (Å²) in [7, 11) is 0. The summed E-state index contributed by atoms with van der Waals surface area (Å²) in [4.78, 5) is 12.4. The maximum absolute atomic E-state index is 12.4. The molecule has 0 saturated carbocycles. The highest BCUT2D eigenvalue weighted by atomic mass is 35.5. The van der Waals surface area contributed by atoms with Crippen molar-refractivity contribution in [3.63, 3.8) is 0 Å². The molecular formula is C16H21ClN2O. The predicted molar refractivity (Wildman–Crippen MR) is 84.2 cm³/mol. The molecule has 4 heteroatoms. The summed E-state index contributed by atoms with van der Waals surface area (Å²) in [5.74, 6) is 0.0225. The van der Waals surface area contributed by atoms with Gasteiger partial charge in [-0.3, -0.25) is 4.79 Å². The zero-order valence-electron chi connectivity index (χ0n) is 12.4. The maximum Gasteiger partial charge on any atom is 0.243 e. The lowest BCUT2D eigenvalue weighted by atomic mass is 10.0. The van der Waals surface area contributed by atoms with E-state index in [-0.39, 0.29) is 17.5 Å². The largest absolute Gasteiger partial charge is 0.349 e. The van der Waals surface area contributed by atoms with Crippen molar-refractivity contribution in [2.24, 2.45) is 0 Å². The molecule has 1 atom stereocenters. The van der Waals surface area contributed by atoms with Crippen LogP contribution in [-0.4, -0.2) is 16.0 Å². The first-order valence-electron chi connectivity index (χ1n) is 6.93. The van der Waals surface area contributed by atoms with Gasteiger partial charge in [-0.15, -0.1) is 0 Å². The lowest BCUT2D eigenvalue weighted by Crippen LogP contribution is -2.45. The Hall–Kier alpha value is -1.48. The van der Waals surface area contributed by atoms with Crippen molar-refractivity contribution in [1.82, 2.24) is 9.88 Å². The van der Waals surface area contributed by atoms with E-state index in [0.29, 0.717) is 5.02 Å². The minimum atomic E-state index is -0.267. The summed E-state index contributed by atoms with van der Waals surface area (Å²) >= 11 is 6.17. The smallest absolute Gasteiger partial charge is 0.243 e. The Morgan fingerprint density at radius 1 is 1.40 bits per heavy atom. The van der Waals surface area contributed by atoms with Crippen LogP contribution in [0.2, 0.25) is 5.02 Å². The van der Waals surface area contributed by atoms with Crippen LogP contribution in [-0.2, 0) is 4.79 Å². The molecule has 108 valence electrons. The van der Waals surface area contributed by atoms with Gasteiger partial charge in [-0.1, -0.05) is 24.6 Å². The Morgan fingerprint density at radius 2 is 2.10 bits per heavy atom. The summed E-state index contributed by atoms with van der Waals surface area (Å²) in [5.41, 5.74) is 0.792. The van der Waals surface area contributed by atoms with E-state index in [9.17, 15) is 4.79 Å². The molecule has 0 fully saturated rings. The molecule has 0 aliphatic carbocycles. The van der Waals surface area contributed by atoms with Crippen LogP contribution < -0.4 is 5.32 Å². The molecule has 1 aromatic carbocycles. The minimum absolute atomic E-state index is 0.0225. The molecule has 20 heavy (non-hydrogen) atoms. The number of carbonyl (C=O) groups is 1. The summed E-state index contributed by atoms with van der Waals surface area (Å²) < 4.78 is 1.96. The molecule has 0 spiro atoms. The molecule has 0 radical (unpaired) electrons. The van der Waals surface area contributed by atoms with Crippen LogP contribution in [0.5, 0.6) is 0 Å². The standard InChI is InChI=1S/C16H21ClN2O/c1-5-16(3,4)18-15(20)11(2)19-10-9-12-13(17)7-6-8-14(12)19/h6-11H,5H2,1-4H3,(H,18,20). The zero-order valence-corrected chi connectivity index (χ0v) is 13.2. The molecule has 1 unspecified atom stereocenters. The lowest BCUT2D eigenvalue weighted by molar-refractivity contribution is -0.125. The highest BCUT2D eigenvalue weighted by Crippen LogP contribution is 2.26. The molecule has 1 N–H and O–H groups in total. The second-order valence-corrected chi connectivity index (χ2v) is 6.21. The highest BCUT2D eigenvalue weighted by molar-refractivity contribution is 6.35. The summed E-state index contributed by atoms with van der Waals surface area (Å²) in [5, 5.41) is 4.77. The maximum atomic E-state index is 12.4. The van der Waals surface area contributed by atoms with Gasteiger partial charge < -0.3 is 9.88 Å². The van der Waals surface area contributed by atoms with Gasteiger partial charge in [-0.05, 0) is 45.4 Å². The third kappa shape index (κ3) is 2.83. The molecule has 2 aromatic rings. The Kier molecular flexibility index (Phi) is 4.09. The van der Waals surface area contributed by atoms with Crippen molar-refractivity contribution >= 4 is 28.4 Å². The third-order valence-corrected chi connectivity index (χ3v) is 4.18. The van der Waals surface area contributed by atoms with Gasteiger partial charge in [-0.2, -0.15) is 0 Å². The summed E-state index contributed by atoms with van der Waals surface area (Å²) in [6.45, 7) is 8.03. The highest BCUT2D eigenvalue weighted by Gasteiger charge is 2.23. The van der Waals surface area contributed by atoms with E-state index in [2.05, 4.69) is 12.2 Å². The van der Waals surface area contributed by atoms with Crippen molar-refractivity contribution in [3.8, 4) is 0 Å². The predicted octanol–water partition coefficient (Wildman–Crippen LogP) is 4.16. The molecule has 1 heterocycles. The van der Waals surface area contributed by atoms with E-state index in [4.69, 9.17) is 11.6 Å². The van der Waals surface area contributed by atoms with Gasteiger partial charge in [0, 0.05) is 22.1 Å². The van der Waals surface area contributed by atoms with Gasteiger partial charge in [0.1, 0.15) is 6.04 Å². The quantitative estimate of drug-likeness (QED) is 0.902. The Bertz CT molecular complexity index is 630. The topological polar surface area (TPSA) is 34.0 Å². The Labute approximate surface area is 124 Å². The number of nitrogens with zero attached hydrogens (tertiary/aromatic N) is 1. The number of benzene rings is 1. The first-order valence-corrected chi connectivity index (χ1v) is 7.30. The second-order valence-electron chi connectivity index (χ2n) is 5.80. The van der Waals surface area contributed by atoms with Gasteiger partial charge in [0.15, 0.2) is 0 Å². The normalized spacial score (nSPS) is 13.4. The summed E-state index contributed by atoms with van der Waals surface area (Å²) in [6, 6.07) is 7.43. The van der Waals surface area contributed by atoms with Crippen LogP contribution in [0.25, 0.3) is 10.9 Å². The van der Waals surface area contributed by atoms with Crippen molar-refractivity contribution in [3.05, 3.63) is 35.5 Å². The monoisotopic (exact) mass is 292 g/mol. The first-order chi connectivity index (χ1) is 9.35. The Morgan fingerprint density at radius 3 is 2.75 bits per heavy atom. The molecule has 2 rings (SSSR count). The van der Waals surface area contributed by atoms with Crippen LogP contribution in [0.1, 0.15) is 40.2 Å². The first kappa shape index (κ1) is 14.9. The second kappa shape index (κ2) is 5.49. The third-order valence-electron chi connectivity index (χ3n) is 3.85. The molecule has 1 amide bonds. The molecule has 0 aliphatic heterocycles. The fraction of sp³-hybridized carbons (Fsp3) is 0.438. The van der Waals surface area contributed by atoms with E-state index in [1.54, 1.807) is 0 Å². The number of fused-ring (bicyclic) bond motifs is 1. The van der Waals surface area contributed by atoms with E-state index < -0.39 is 0 Å². The van der Waals surface area contributed by atoms with E-state index >= 15 is 0 Å². The number of rotatable bonds is 4. The van der Waals surface area contributed by atoms with Crippen molar-refractivity contribution in [2.75, 3.05) is 0 Å². The van der Waals surface area contributed by atoms with Crippen molar-refractivity contribution < 1.29 is 4.79 Å². The van der Waals surface area contributed by atoms with Gasteiger partial charge in [-0.25, -0.2) is 0 Å². The Balaban J connectivity index is 2.30. The molecule has 0 saturated heterocycles. The number of nitrogens with one attached hydrogen (secondary N) is 1. The fourth-order valence-corrected chi connectivity index (χ4v) is 2.37. The van der Waals surface area contributed by atoms with Crippen molar-refractivity contribution in [2.45, 2.75) is 45.7 Å².